The van der Waals surface area contributed by atoms with E-state index < -0.39 is 48.8 Å². The number of hydrogen-bond acceptors (Lipinski definition) is 6. The Morgan fingerprint density at radius 3 is 2.05 bits per heavy atom. The molecule has 4 N–H and O–H groups in total. The van der Waals surface area contributed by atoms with Crippen LogP contribution in [0.3, 0.4) is 0 Å². The van der Waals surface area contributed by atoms with Crippen LogP contribution in [0.5, 0.6) is 0 Å². The summed E-state index contributed by atoms with van der Waals surface area (Å²) >= 11 is 0. The van der Waals surface area contributed by atoms with Gasteiger partial charge >= 0.3 is 6.09 Å². The van der Waals surface area contributed by atoms with Crippen molar-refractivity contribution >= 4 is 23.6 Å². The van der Waals surface area contributed by atoms with E-state index in [1.165, 1.54) is 4.90 Å². The molecule has 0 saturated carbocycles. The Morgan fingerprint density at radius 2 is 1.51 bits per heavy atom. The fourth-order valence-electron chi connectivity index (χ4n) is 4.03. The van der Waals surface area contributed by atoms with Crippen molar-refractivity contribution in [1.82, 2.24) is 10.2 Å². The van der Waals surface area contributed by atoms with Crippen LogP contribution in [0.25, 0.3) is 0 Å². The number of amides is 3. The van der Waals surface area contributed by atoms with Crippen molar-refractivity contribution in [3.05, 3.63) is 64.2 Å². The fraction of sp³-hybridized carbons (Fsp3) is 0.464. The number of carbonyl (C=O) groups excluding carboxylic acids is 3. The molecule has 202 valence electrons. The molecule has 2 aromatic rings. The minimum absolute atomic E-state index is 0.205. The summed E-state index contributed by atoms with van der Waals surface area (Å²) in [5.74, 6) is -1.22. The van der Waals surface area contributed by atoms with Crippen molar-refractivity contribution in [2.75, 3.05) is 25.1 Å². The van der Waals surface area contributed by atoms with Crippen LogP contribution in [0.15, 0.2) is 36.4 Å². The second-order valence-electron chi connectivity index (χ2n) is 10.1. The van der Waals surface area contributed by atoms with Crippen molar-refractivity contribution in [3.63, 3.8) is 0 Å². The third kappa shape index (κ3) is 7.77. The van der Waals surface area contributed by atoms with Gasteiger partial charge in [0.2, 0.25) is 5.91 Å². The zero-order chi connectivity index (χ0) is 27.9. The van der Waals surface area contributed by atoms with Gasteiger partial charge in [-0.3, -0.25) is 9.59 Å². The van der Waals surface area contributed by atoms with Crippen LogP contribution in [0.1, 0.15) is 54.6 Å². The number of para-hydroxylation sites is 1. The lowest BCUT2D eigenvalue weighted by atomic mass is 9.94. The van der Waals surface area contributed by atoms with E-state index in [2.05, 4.69) is 10.6 Å². The monoisotopic (exact) mass is 513 g/mol. The number of aryl methyl sites for hydroxylation is 3. The van der Waals surface area contributed by atoms with E-state index in [0.29, 0.717) is 11.3 Å². The van der Waals surface area contributed by atoms with Crippen molar-refractivity contribution in [2.45, 2.75) is 66.2 Å². The van der Waals surface area contributed by atoms with Crippen molar-refractivity contribution < 1.29 is 29.3 Å². The zero-order valence-electron chi connectivity index (χ0n) is 22.7. The summed E-state index contributed by atoms with van der Waals surface area (Å²) in [6, 6.07) is 8.55. The maximum absolute atomic E-state index is 13.9. The highest BCUT2D eigenvalue weighted by Crippen LogP contribution is 2.29. The van der Waals surface area contributed by atoms with E-state index >= 15 is 0 Å². The fourth-order valence-corrected chi connectivity index (χ4v) is 4.03. The van der Waals surface area contributed by atoms with Gasteiger partial charge in [-0.1, -0.05) is 36.4 Å². The predicted molar refractivity (Wildman–Crippen MR) is 142 cm³/mol. The number of hydrogen-bond donors (Lipinski definition) is 4. The SMILES string of the molecule is Cc1cccc(C(C(=O)Nc2c(C)cccc2C)N(CCO)C(=O)C(CO)NC(=O)OC(C)(C)C)c1C. The Hall–Kier alpha value is -3.43. The van der Waals surface area contributed by atoms with Gasteiger partial charge in [0.05, 0.1) is 13.2 Å². The van der Waals surface area contributed by atoms with Crippen LogP contribution in [0, 0.1) is 27.7 Å². The van der Waals surface area contributed by atoms with Gasteiger partial charge in [0.1, 0.15) is 17.7 Å². The van der Waals surface area contributed by atoms with Crippen LogP contribution in [0.2, 0.25) is 0 Å². The van der Waals surface area contributed by atoms with Gasteiger partial charge in [0.15, 0.2) is 0 Å². The first-order valence-electron chi connectivity index (χ1n) is 12.3. The van der Waals surface area contributed by atoms with Crippen molar-refractivity contribution in [2.24, 2.45) is 0 Å². The molecular weight excluding hydrogens is 474 g/mol. The predicted octanol–water partition coefficient (Wildman–Crippen LogP) is 3.31. The first-order chi connectivity index (χ1) is 17.3. The van der Waals surface area contributed by atoms with E-state index in [9.17, 15) is 24.6 Å². The molecule has 9 heteroatoms. The average Bonchev–Trinajstić information content (AvgIpc) is 2.80. The molecule has 0 aromatic heterocycles. The third-order valence-electron chi connectivity index (χ3n) is 6.03. The molecule has 0 bridgehead atoms. The lowest BCUT2D eigenvalue weighted by Gasteiger charge is -2.34. The molecule has 0 aliphatic rings. The van der Waals surface area contributed by atoms with Gasteiger partial charge < -0.3 is 30.5 Å². The first kappa shape index (κ1) is 29.8. The molecule has 37 heavy (non-hydrogen) atoms. The first-order valence-corrected chi connectivity index (χ1v) is 12.3. The molecule has 0 aliphatic carbocycles. The smallest absolute Gasteiger partial charge is 0.408 e. The molecule has 0 radical (unpaired) electrons. The van der Waals surface area contributed by atoms with Crippen LogP contribution >= 0.6 is 0 Å². The van der Waals surface area contributed by atoms with E-state index in [-0.39, 0.29) is 6.54 Å². The highest BCUT2D eigenvalue weighted by Gasteiger charge is 2.37. The minimum Gasteiger partial charge on any atom is -0.444 e. The summed E-state index contributed by atoms with van der Waals surface area (Å²) in [4.78, 5) is 41.1. The number of nitrogens with zero attached hydrogens (tertiary/aromatic N) is 1. The Morgan fingerprint density at radius 1 is 0.946 bits per heavy atom. The number of nitrogens with one attached hydrogen (secondary N) is 2. The van der Waals surface area contributed by atoms with E-state index in [1.807, 2.05) is 52.0 Å². The lowest BCUT2D eigenvalue weighted by Crippen LogP contribution is -2.54. The summed E-state index contributed by atoms with van der Waals surface area (Å²) < 4.78 is 5.23. The minimum atomic E-state index is -1.39. The molecule has 2 atom stereocenters. The van der Waals surface area contributed by atoms with Gasteiger partial charge in [-0.25, -0.2) is 4.79 Å². The molecule has 3 amide bonds. The standard InChI is InChI=1S/C28H39N3O6/c1-17-10-9-13-21(20(17)4)24(25(34)30-23-18(2)11-8-12-19(23)3)31(14-15-32)26(35)22(16-33)29-27(36)37-28(5,6)7/h8-13,22,24,32-33H,14-16H2,1-7H3,(H,29,36)(H,30,34). The van der Waals surface area contributed by atoms with Crippen LogP contribution in [0.4, 0.5) is 10.5 Å². The van der Waals surface area contributed by atoms with Gasteiger partial charge in [-0.2, -0.15) is 0 Å². The third-order valence-corrected chi connectivity index (χ3v) is 6.03. The topological polar surface area (TPSA) is 128 Å². The highest BCUT2D eigenvalue weighted by molar-refractivity contribution is 6.00. The summed E-state index contributed by atoms with van der Waals surface area (Å²) in [6.07, 6.45) is -0.882. The Kier molecular flexibility index (Phi) is 10.2. The maximum Gasteiger partial charge on any atom is 0.408 e. The second kappa shape index (κ2) is 12.7. The van der Waals surface area contributed by atoms with Gasteiger partial charge in [0.25, 0.3) is 5.91 Å². The molecule has 2 aromatic carbocycles. The van der Waals surface area contributed by atoms with Crippen LogP contribution < -0.4 is 10.6 Å². The number of rotatable bonds is 9. The van der Waals surface area contributed by atoms with Crippen molar-refractivity contribution in [3.8, 4) is 0 Å². The zero-order valence-corrected chi connectivity index (χ0v) is 22.7. The number of benzene rings is 2. The molecule has 0 fully saturated rings. The molecule has 0 heterocycles. The summed E-state index contributed by atoms with van der Waals surface area (Å²) in [6.45, 7) is 11.2. The highest BCUT2D eigenvalue weighted by atomic mass is 16.6. The Bertz CT molecular complexity index is 1110. The summed E-state index contributed by atoms with van der Waals surface area (Å²) in [5.41, 5.74) is 3.82. The van der Waals surface area contributed by atoms with E-state index in [1.54, 1.807) is 32.9 Å². The molecule has 2 unspecified atom stereocenters. The lowest BCUT2D eigenvalue weighted by molar-refractivity contribution is -0.142. The normalized spacial score (nSPS) is 12.9. The molecule has 0 saturated heterocycles. The quantitative estimate of drug-likeness (QED) is 0.407. The van der Waals surface area contributed by atoms with Crippen LogP contribution in [-0.2, 0) is 14.3 Å². The summed E-state index contributed by atoms with van der Waals surface area (Å²) in [5, 5.41) is 25.2. The number of ether oxygens (including phenoxy) is 1. The average molecular weight is 514 g/mol. The number of aliphatic hydroxyl groups is 2. The Labute approximate surface area is 218 Å². The van der Waals surface area contributed by atoms with Gasteiger partial charge in [-0.05, 0) is 76.3 Å². The largest absolute Gasteiger partial charge is 0.444 e. The maximum atomic E-state index is 13.9. The summed E-state index contributed by atoms with van der Waals surface area (Å²) in [7, 11) is 0. The molecule has 0 aliphatic heterocycles. The van der Waals surface area contributed by atoms with E-state index in [4.69, 9.17) is 4.74 Å². The molecule has 9 nitrogen and oxygen atoms in total. The Balaban J connectivity index is 2.54. The number of alkyl carbamates (subject to hydrolysis) is 1. The van der Waals surface area contributed by atoms with Gasteiger partial charge in [0, 0.05) is 12.2 Å². The molecular formula is C28H39N3O6. The van der Waals surface area contributed by atoms with Gasteiger partial charge in [-0.15, -0.1) is 0 Å². The molecule has 2 rings (SSSR count). The number of aliphatic hydroxyl groups excluding tert-OH is 2. The molecule has 0 spiro atoms. The van der Waals surface area contributed by atoms with E-state index in [0.717, 1.165) is 22.3 Å². The second-order valence-corrected chi connectivity index (χ2v) is 10.1. The number of anilines is 1. The number of carbonyl (C=O) groups is 3. The van der Waals surface area contributed by atoms with Crippen LogP contribution in [-0.4, -0.2) is 64.4 Å². The van der Waals surface area contributed by atoms with Crippen molar-refractivity contribution in [1.29, 1.82) is 0 Å².